The molecule has 0 saturated heterocycles. The maximum atomic E-state index is 13.7. The van der Waals surface area contributed by atoms with Gasteiger partial charge in [0.05, 0.1) is 13.2 Å². The second-order valence-electron chi connectivity index (χ2n) is 14.7. The molecule has 8 atom stereocenters. The van der Waals surface area contributed by atoms with Crippen LogP contribution in [0, 0.1) is 22.7 Å². The van der Waals surface area contributed by atoms with Crippen LogP contribution in [0.4, 0.5) is 0 Å². The lowest BCUT2D eigenvalue weighted by atomic mass is 9.42. The molecule has 12 nitrogen and oxygen atoms in total. The van der Waals surface area contributed by atoms with Crippen molar-refractivity contribution < 1.29 is 47.6 Å². The summed E-state index contributed by atoms with van der Waals surface area (Å²) in [5, 5.41) is 12.3. The summed E-state index contributed by atoms with van der Waals surface area (Å²) in [5.74, 6) is -1.61. The van der Waals surface area contributed by atoms with Crippen molar-refractivity contribution in [3.05, 3.63) is 76.4 Å². The predicted octanol–water partition coefficient (Wildman–Crippen LogP) is 5.38. The fourth-order valence-electron chi connectivity index (χ4n) is 9.09. The Hall–Kier alpha value is -4.71. The van der Waals surface area contributed by atoms with Gasteiger partial charge in [-0.1, -0.05) is 26.0 Å². The number of carbonyl (C=O) groups is 3. The first-order chi connectivity index (χ1) is 24.2. The van der Waals surface area contributed by atoms with E-state index in [0.29, 0.717) is 30.6 Å². The zero-order chi connectivity index (χ0) is 36.7. The van der Waals surface area contributed by atoms with Gasteiger partial charge in [0, 0.05) is 55.6 Å². The Kier molecular flexibility index (Phi) is 9.75. The molecule has 3 heterocycles. The van der Waals surface area contributed by atoms with Gasteiger partial charge in [0.15, 0.2) is 0 Å². The third kappa shape index (κ3) is 6.61. The molecule has 3 unspecified atom stereocenters. The van der Waals surface area contributed by atoms with E-state index in [4.69, 9.17) is 28.1 Å². The number of fused-ring (bicyclic) bond motifs is 4. The summed E-state index contributed by atoms with van der Waals surface area (Å²) in [4.78, 5) is 56.0. The van der Waals surface area contributed by atoms with E-state index >= 15 is 0 Å². The molecular weight excluding hydrogens is 658 g/mol. The molecule has 2 aliphatic carbocycles. The highest BCUT2D eigenvalue weighted by Crippen LogP contribution is 2.67. The van der Waals surface area contributed by atoms with Gasteiger partial charge in [0.25, 0.3) is 0 Å². The number of aromatic nitrogens is 1. The molecule has 2 fully saturated rings. The number of ether oxygens (including phenoxy) is 5. The fourth-order valence-corrected chi connectivity index (χ4v) is 9.09. The van der Waals surface area contributed by atoms with E-state index in [0.717, 1.165) is 5.56 Å². The summed E-state index contributed by atoms with van der Waals surface area (Å²) in [6, 6.07) is 12.4. The summed E-state index contributed by atoms with van der Waals surface area (Å²) < 4.78 is 35.6. The van der Waals surface area contributed by atoms with Gasteiger partial charge in [0.1, 0.15) is 47.2 Å². The molecule has 0 bridgehead atoms. The maximum absolute atomic E-state index is 13.7. The van der Waals surface area contributed by atoms with Gasteiger partial charge in [-0.05, 0) is 73.8 Å². The van der Waals surface area contributed by atoms with Gasteiger partial charge < -0.3 is 33.2 Å². The van der Waals surface area contributed by atoms with Gasteiger partial charge in [-0.15, -0.1) is 0 Å². The summed E-state index contributed by atoms with van der Waals surface area (Å²) >= 11 is 0. The van der Waals surface area contributed by atoms with Crippen molar-refractivity contribution in [3.8, 4) is 22.8 Å². The van der Waals surface area contributed by atoms with Gasteiger partial charge in [0.2, 0.25) is 0 Å². The molecule has 12 heteroatoms. The molecule has 1 aromatic carbocycles. The van der Waals surface area contributed by atoms with Crippen molar-refractivity contribution in [1.29, 1.82) is 0 Å². The highest BCUT2D eigenvalue weighted by molar-refractivity contribution is 5.70. The van der Waals surface area contributed by atoms with Crippen LogP contribution < -0.4 is 15.1 Å². The SMILES string of the molecule is COc1ccc(CCC(=O)O[C@H]2CC3C(C)(COC(C)=O)[C@@H](OC(C)=O)CC[C@]3(C)C3[C@@H](O)c4c(cc(-c5cccnc5)oc4=O)O[C@@]32C)cc1. The van der Waals surface area contributed by atoms with Gasteiger partial charge in [-0.25, -0.2) is 4.79 Å². The Morgan fingerprint density at radius 2 is 1.76 bits per heavy atom. The third-order valence-electron chi connectivity index (χ3n) is 11.5. The topological polar surface area (TPSA) is 161 Å². The molecule has 3 aromatic rings. The molecule has 1 aliphatic heterocycles. The number of aliphatic hydroxyl groups is 1. The number of pyridine rings is 1. The van der Waals surface area contributed by atoms with Crippen molar-refractivity contribution in [1.82, 2.24) is 4.98 Å². The van der Waals surface area contributed by atoms with Gasteiger partial charge in [-0.3, -0.25) is 19.4 Å². The van der Waals surface area contributed by atoms with E-state index in [1.807, 2.05) is 45.0 Å². The van der Waals surface area contributed by atoms with E-state index in [9.17, 15) is 24.3 Å². The van der Waals surface area contributed by atoms with E-state index in [2.05, 4.69) is 4.98 Å². The molecule has 272 valence electrons. The molecule has 2 saturated carbocycles. The zero-order valence-electron chi connectivity index (χ0n) is 29.8. The van der Waals surface area contributed by atoms with Gasteiger partial charge >= 0.3 is 23.5 Å². The largest absolute Gasteiger partial charge is 0.497 e. The van der Waals surface area contributed by atoms with Crippen LogP contribution in [0.15, 0.2) is 64.1 Å². The van der Waals surface area contributed by atoms with Crippen molar-refractivity contribution >= 4 is 17.9 Å². The minimum absolute atomic E-state index is 0.0274. The number of hydrogen-bond donors (Lipinski definition) is 1. The fraction of sp³-hybridized carbons (Fsp3) is 0.513. The number of aryl methyl sites for hydroxylation is 1. The lowest BCUT2D eigenvalue weighted by Gasteiger charge is -2.66. The molecule has 1 N–H and O–H groups in total. The Balaban J connectivity index is 1.42. The first-order valence-corrected chi connectivity index (χ1v) is 17.3. The Labute approximate surface area is 296 Å². The van der Waals surface area contributed by atoms with Crippen LogP contribution in [0.2, 0.25) is 0 Å². The molecule has 51 heavy (non-hydrogen) atoms. The average Bonchev–Trinajstić information content (AvgIpc) is 3.09. The molecule has 0 spiro atoms. The zero-order valence-corrected chi connectivity index (χ0v) is 29.8. The van der Waals surface area contributed by atoms with E-state index in [1.54, 1.807) is 37.7 Å². The first kappa shape index (κ1) is 36.1. The molecular formula is C39H45NO11. The van der Waals surface area contributed by atoms with Crippen molar-refractivity contribution in [2.75, 3.05) is 13.7 Å². The first-order valence-electron chi connectivity index (χ1n) is 17.3. The number of esters is 3. The van der Waals surface area contributed by atoms with Crippen molar-refractivity contribution in [3.63, 3.8) is 0 Å². The Morgan fingerprint density at radius 1 is 1.02 bits per heavy atom. The van der Waals surface area contributed by atoms with Crippen LogP contribution >= 0.6 is 0 Å². The lowest BCUT2D eigenvalue weighted by molar-refractivity contribution is -0.271. The monoisotopic (exact) mass is 703 g/mol. The maximum Gasteiger partial charge on any atom is 0.345 e. The van der Waals surface area contributed by atoms with Crippen LogP contribution in [-0.2, 0) is 35.0 Å². The number of hydrogen-bond acceptors (Lipinski definition) is 12. The second kappa shape index (κ2) is 13.8. The highest BCUT2D eigenvalue weighted by atomic mass is 16.6. The summed E-state index contributed by atoms with van der Waals surface area (Å²) in [7, 11) is 1.59. The van der Waals surface area contributed by atoms with E-state index in [-0.39, 0.29) is 36.5 Å². The second-order valence-corrected chi connectivity index (χ2v) is 14.7. The lowest BCUT2D eigenvalue weighted by Crippen LogP contribution is -2.71. The van der Waals surface area contributed by atoms with Crippen LogP contribution in [0.25, 0.3) is 11.3 Å². The van der Waals surface area contributed by atoms with Gasteiger partial charge in [-0.2, -0.15) is 0 Å². The average molecular weight is 704 g/mol. The standard InChI is InChI=1S/C39H45NO11/c1-22(41)47-21-38(4)29-19-31(50-32(43)14-11-24-9-12-26(46-6)13-10-24)39(5)35(37(29,3)16-15-30(38)48-23(2)42)34(44)33-28(51-39)18-27(49-36(33)45)25-8-7-17-40-20-25/h7-10,12-13,17-18,20,29-31,34-35,44H,11,14-16,19,21H2,1-6H3/t29?,30-,31-,34-,35?,37-,38?,39+/m0/s1. The molecule has 2 aromatic heterocycles. The summed E-state index contributed by atoms with van der Waals surface area (Å²) in [5.41, 5.74) is -2.36. The van der Waals surface area contributed by atoms with E-state index < -0.39 is 70.1 Å². The highest BCUT2D eigenvalue weighted by Gasteiger charge is 2.71. The summed E-state index contributed by atoms with van der Waals surface area (Å²) in [6.45, 7) is 8.29. The van der Waals surface area contributed by atoms with Crippen molar-refractivity contribution in [2.45, 2.75) is 90.6 Å². The number of benzene rings is 1. The molecule has 3 aliphatic rings. The predicted molar refractivity (Wildman–Crippen MR) is 183 cm³/mol. The number of carbonyl (C=O) groups excluding carboxylic acids is 3. The molecule has 0 amide bonds. The van der Waals surface area contributed by atoms with Crippen LogP contribution in [0.5, 0.6) is 11.5 Å². The van der Waals surface area contributed by atoms with E-state index in [1.165, 1.54) is 13.8 Å². The normalized spacial score (nSPS) is 30.8. The third-order valence-corrected chi connectivity index (χ3v) is 11.5. The molecule has 0 radical (unpaired) electrons. The number of aliphatic hydroxyl groups excluding tert-OH is 1. The molecule has 6 rings (SSSR count). The number of methoxy groups -OCH3 is 1. The smallest absolute Gasteiger partial charge is 0.345 e. The van der Waals surface area contributed by atoms with Crippen molar-refractivity contribution in [2.24, 2.45) is 22.7 Å². The minimum Gasteiger partial charge on any atom is -0.497 e. The Bertz CT molecular complexity index is 1840. The summed E-state index contributed by atoms with van der Waals surface area (Å²) in [6.07, 6.45) is 1.82. The number of rotatable bonds is 9. The van der Waals surface area contributed by atoms with Crippen LogP contribution in [0.3, 0.4) is 0 Å². The van der Waals surface area contributed by atoms with Crippen LogP contribution in [0.1, 0.15) is 77.5 Å². The quantitative estimate of drug-likeness (QED) is 0.224. The van der Waals surface area contributed by atoms with Crippen LogP contribution in [-0.4, -0.2) is 59.5 Å². The number of nitrogens with zero attached hydrogens (tertiary/aromatic N) is 1. The minimum atomic E-state index is -1.38. The Morgan fingerprint density at radius 3 is 2.41 bits per heavy atom.